The van der Waals surface area contributed by atoms with Gasteiger partial charge in [-0.3, -0.25) is 14.6 Å². The van der Waals surface area contributed by atoms with E-state index in [2.05, 4.69) is 4.74 Å². The number of hydrogen-bond acceptors (Lipinski definition) is 10. The highest BCUT2D eigenvalue weighted by Gasteiger charge is 2.32. The summed E-state index contributed by atoms with van der Waals surface area (Å²) in [7, 11) is -5.26. The number of ketones is 1. The van der Waals surface area contributed by atoms with Crippen LogP contribution in [0.3, 0.4) is 0 Å². The topological polar surface area (TPSA) is 185 Å². The zero-order valence-electron chi connectivity index (χ0n) is 32.2. The summed E-state index contributed by atoms with van der Waals surface area (Å²) in [6.45, 7) is -0.998. The number of hydrogen-bond donors (Lipinski definition) is 1. The van der Waals surface area contributed by atoms with Gasteiger partial charge in [0.05, 0.1) is 66.7 Å². The molecule has 2 N–H and O–H groups in total. The van der Waals surface area contributed by atoms with Crippen molar-refractivity contribution in [1.29, 1.82) is 0 Å². The molecule has 0 saturated carbocycles. The first-order valence-corrected chi connectivity index (χ1v) is 22.0. The smallest absolute Gasteiger partial charge is 0.337 e. The van der Waals surface area contributed by atoms with Crippen LogP contribution in [0.25, 0.3) is 0 Å². The number of halogens is 4. The number of methoxy groups -OCH3 is 1. The lowest BCUT2D eigenvalue weighted by Crippen LogP contribution is -2.50. The average Bonchev–Trinajstić information content (AvgIpc) is 3.22. The Kier molecular flexibility index (Phi) is 14.7. The number of amides is 4. The molecule has 0 aromatic heterocycles. The maximum absolute atomic E-state index is 14.6. The van der Waals surface area contributed by atoms with Crippen LogP contribution in [0.2, 0.25) is 0 Å². The van der Waals surface area contributed by atoms with Crippen LogP contribution in [0.1, 0.15) is 31.8 Å². The first-order chi connectivity index (χ1) is 28.4. The normalized spacial score (nSPS) is 15.6. The van der Waals surface area contributed by atoms with E-state index >= 15 is 0 Å². The van der Waals surface area contributed by atoms with Crippen LogP contribution in [0.5, 0.6) is 0 Å². The van der Waals surface area contributed by atoms with Crippen LogP contribution >= 0.6 is 0 Å². The fourth-order valence-electron chi connectivity index (χ4n) is 6.23. The van der Waals surface area contributed by atoms with Gasteiger partial charge in [-0.15, -0.1) is 0 Å². The Morgan fingerprint density at radius 3 is 1.35 bits per heavy atom. The van der Waals surface area contributed by atoms with Gasteiger partial charge in [-0.2, -0.15) is 0 Å². The van der Waals surface area contributed by atoms with Gasteiger partial charge in [0.25, 0.3) is 0 Å². The summed E-state index contributed by atoms with van der Waals surface area (Å²) in [6, 6.07) is 17.3. The number of sulfone groups is 2. The van der Waals surface area contributed by atoms with Crippen molar-refractivity contribution in [2.75, 3.05) is 72.6 Å². The predicted octanol–water partition coefficient (Wildman–Crippen LogP) is 4.57. The van der Waals surface area contributed by atoms with E-state index in [0.29, 0.717) is 0 Å². The molecule has 2 fully saturated rings. The molecule has 2 saturated heterocycles. The van der Waals surface area contributed by atoms with Crippen molar-refractivity contribution in [2.24, 2.45) is 5.73 Å². The van der Waals surface area contributed by atoms with E-state index in [0.717, 1.165) is 21.9 Å². The Morgan fingerprint density at radius 1 is 0.600 bits per heavy atom. The monoisotopic (exact) mass is 875 g/mol. The molecule has 0 spiro atoms. The first kappa shape index (κ1) is 45.2. The van der Waals surface area contributed by atoms with Gasteiger partial charge >= 0.3 is 18.0 Å². The van der Waals surface area contributed by atoms with Gasteiger partial charge in [0.2, 0.25) is 0 Å². The molecule has 20 heteroatoms. The number of ether oxygens (including phenoxy) is 1. The van der Waals surface area contributed by atoms with Crippen molar-refractivity contribution < 1.29 is 58.3 Å². The molecule has 2 aliphatic rings. The average molecular weight is 876 g/mol. The molecule has 4 amide bonds. The number of carbonyl (C=O) groups excluding carboxylic acids is 4. The molecule has 6 rings (SSSR count). The second-order valence-electron chi connectivity index (χ2n) is 13.6. The molecule has 0 bridgehead atoms. The molecule has 4 aromatic rings. The number of esters is 1. The van der Waals surface area contributed by atoms with E-state index in [1.807, 2.05) is 0 Å². The third kappa shape index (κ3) is 11.2. The van der Waals surface area contributed by atoms with E-state index in [9.17, 15) is 53.6 Å². The summed E-state index contributed by atoms with van der Waals surface area (Å²) in [6.07, 6.45) is 0. The maximum atomic E-state index is 14.6. The van der Waals surface area contributed by atoms with Gasteiger partial charge in [0.1, 0.15) is 23.3 Å². The van der Waals surface area contributed by atoms with Gasteiger partial charge in [0, 0.05) is 42.9 Å². The van der Waals surface area contributed by atoms with Crippen LogP contribution in [0, 0.1) is 23.3 Å². The maximum Gasteiger partial charge on any atom is 0.337 e. The minimum Gasteiger partial charge on any atom is -0.465 e. The molecule has 0 atom stereocenters. The number of urea groups is 2. The molecule has 0 aliphatic carbocycles. The molecule has 4 aromatic carbocycles. The van der Waals surface area contributed by atoms with Crippen molar-refractivity contribution in [3.63, 3.8) is 0 Å². The number of para-hydroxylation sites is 2. The Labute approximate surface area is 343 Å². The van der Waals surface area contributed by atoms with E-state index in [1.165, 1.54) is 83.6 Å². The lowest BCUT2D eigenvalue weighted by atomic mass is 10.1. The highest BCUT2D eigenvalue weighted by Crippen LogP contribution is 2.27. The highest BCUT2D eigenvalue weighted by molar-refractivity contribution is 7.91. The Hall–Kier alpha value is -5.86. The van der Waals surface area contributed by atoms with Gasteiger partial charge in [0.15, 0.2) is 25.5 Å². The van der Waals surface area contributed by atoms with Gasteiger partial charge in [-0.05, 0) is 42.5 Å². The number of nitrogens with zero attached hydrogens (tertiary/aromatic N) is 4. The Balaban J connectivity index is 0.000000228. The lowest BCUT2D eigenvalue weighted by Gasteiger charge is -2.33. The number of anilines is 2. The van der Waals surface area contributed by atoms with Crippen molar-refractivity contribution in [2.45, 2.75) is 13.1 Å². The van der Waals surface area contributed by atoms with E-state index in [4.69, 9.17) is 5.73 Å². The van der Waals surface area contributed by atoms with Crippen LogP contribution < -0.4 is 15.5 Å². The standard InChI is InChI=1S/C20H21F2N3O4S.C20H20F2N2O5S/c21-16-3-1-2-4-18(16)25(20(27)24-7-9-30(28,29)10-8-24)13-15-6-5-14(11-17(15)22)19(26)12-23;1-29-19(25)14-6-7-15(17(22)12-14)13-24(18-5-3-2-4-16(18)21)20(26)23-8-10-30(27,28)11-9-23/h1-6,11H,7-10,12-13,23H2;2-7,12H,8-11,13H2,1H3. The summed E-state index contributed by atoms with van der Waals surface area (Å²) in [5.74, 6) is -4.74. The van der Waals surface area contributed by atoms with Gasteiger partial charge in [-0.25, -0.2) is 48.8 Å². The second kappa shape index (κ2) is 19.5. The largest absolute Gasteiger partial charge is 0.465 e. The summed E-state index contributed by atoms with van der Waals surface area (Å²) in [5.41, 5.74) is 5.41. The number of rotatable bonds is 9. The molecule has 0 unspecified atom stereocenters. The minimum atomic E-state index is -3.22. The fourth-order valence-corrected chi connectivity index (χ4v) is 8.63. The summed E-state index contributed by atoms with van der Waals surface area (Å²) in [5, 5.41) is 0. The summed E-state index contributed by atoms with van der Waals surface area (Å²) >= 11 is 0. The van der Waals surface area contributed by atoms with Crippen LogP contribution in [0.15, 0.2) is 84.9 Å². The van der Waals surface area contributed by atoms with E-state index in [-0.39, 0.29) is 102 Å². The number of nitrogens with two attached hydrogens (primary N) is 1. The SMILES string of the molecule is COC(=O)c1ccc(CN(C(=O)N2CCS(=O)(=O)CC2)c2ccccc2F)c(F)c1.NCC(=O)c1ccc(CN(C(=O)N2CCS(=O)(=O)CC2)c2ccccc2F)c(F)c1. The summed E-state index contributed by atoms with van der Waals surface area (Å²) < 4.78 is 109. The predicted molar refractivity (Wildman–Crippen MR) is 214 cm³/mol. The number of carbonyl (C=O) groups is 4. The second-order valence-corrected chi connectivity index (χ2v) is 18.3. The molecule has 60 heavy (non-hydrogen) atoms. The summed E-state index contributed by atoms with van der Waals surface area (Å²) in [4.78, 5) is 54.2. The Bertz CT molecular complexity index is 2290. The van der Waals surface area contributed by atoms with E-state index < -0.39 is 66.8 Å². The fraction of sp³-hybridized carbons (Fsp3) is 0.300. The van der Waals surface area contributed by atoms with Crippen molar-refractivity contribution >= 4 is 54.9 Å². The zero-order valence-corrected chi connectivity index (χ0v) is 33.9. The van der Waals surface area contributed by atoms with Gasteiger partial charge < -0.3 is 20.3 Å². The molecule has 0 radical (unpaired) electrons. The van der Waals surface area contributed by atoms with Crippen LogP contribution in [-0.2, 0) is 37.5 Å². The van der Waals surface area contributed by atoms with E-state index in [1.54, 1.807) is 6.07 Å². The van der Waals surface area contributed by atoms with Crippen molar-refractivity contribution in [1.82, 2.24) is 9.80 Å². The quantitative estimate of drug-likeness (QED) is 0.142. The minimum absolute atomic E-state index is 0.00348. The third-order valence-corrected chi connectivity index (χ3v) is 12.9. The molecular formula is C40H41F4N5O9S2. The third-order valence-electron chi connectivity index (χ3n) is 9.67. The Morgan fingerprint density at radius 2 is 0.983 bits per heavy atom. The number of benzene rings is 4. The molecule has 2 heterocycles. The zero-order chi connectivity index (χ0) is 43.8. The van der Waals surface area contributed by atoms with Crippen molar-refractivity contribution in [3.05, 3.63) is 130 Å². The van der Waals surface area contributed by atoms with Gasteiger partial charge in [-0.1, -0.05) is 42.5 Å². The molecule has 14 nitrogen and oxygen atoms in total. The molecule has 2 aliphatic heterocycles. The van der Waals surface area contributed by atoms with Crippen LogP contribution in [-0.4, -0.2) is 113 Å². The highest BCUT2D eigenvalue weighted by atomic mass is 32.2. The number of Topliss-reactive ketones (excluding diaryl/α,β-unsaturated/α-hetero) is 1. The molecule has 320 valence electrons. The first-order valence-electron chi connectivity index (χ1n) is 18.3. The van der Waals surface area contributed by atoms with Crippen molar-refractivity contribution in [3.8, 4) is 0 Å². The lowest BCUT2D eigenvalue weighted by molar-refractivity contribution is 0.0600. The molecular weight excluding hydrogens is 835 g/mol. The van der Waals surface area contributed by atoms with Crippen LogP contribution in [0.4, 0.5) is 38.5 Å².